The van der Waals surface area contributed by atoms with Gasteiger partial charge >= 0.3 is 0 Å². The van der Waals surface area contributed by atoms with E-state index in [1.165, 1.54) is 11.0 Å². The molecule has 1 N–H and O–H groups in total. The normalized spacial score (nSPS) is 14.8. The molecule has 4 heteroatoms. The molecule has 0 saturated carbocycles. The molecule has 0 fully saturated rings. The third-order valence-electron chi connectivity index (χ3n) is 3.42. The van der Waals surface area contributed by atoms with E-state index in [-0.39, 0.29) is 23.8 Å². The molecule has 1 aliphatic heterocycles. The molecular weight excluding hydrogens is 281 g/mol. The largest absolute Gasteiger partial charge is 0.508 e. The second-order valence-corrected chi connectivity index (χ2v) is 4.96. The Morgan fingerprint density at radius 1 is 1.59 bits per heavy atom. The Bertz CT molecular complexity index is 738. The summed E-state index contributed by atoms with van der Waals surface area (Å²) < 4.78 is 14.0. The van der Waals surface area contributed by atoms with Gasteiger partial charge in [0.2, 0.25) is 0 Å². The van der Waals surface area contributed by atoms with Crippen molar-refractivity contribution in [3.8, 4) is 12.3 Å². The van der Waals surface area contributed by atoms with Crippen LogP contribution < -0.4 is 0 Å². The quantitative estimate of drug-likeness (QED) is 0.685. The molecule has 0 bridgehead atoms. The number of allylic oxidation sites excluding steroid dienone is 1. The first kappa shape index (κ1) is 15.6. The predicted molar refractivity (Wildman–Crippen MR) is 83.4 cm³/mol. The number of benzene rings is 1. The van der Waals surface area contributed by atoms with Crippen LogP contribution in [0.15, 0.2) is 53.8 Å². The number of halogens is 1. The molecule has 2 rings (SSSR count). The van der Waals surface area contributed by atoms with Gasteiger partial charge in [0.25, 0.3) is 5.91 Å². The number of terminal acetylenes is 1. The van der Waals surface area contributed by atoms with Crippen molar-refractivity contribution in [3.63, 3.8) is 0 Å². The molecule has 22 heavy (non-hydrogen) atoms. The SMILES string of the molecule is C#Cc1ccc(CN2CC(/C=C\C)=C(C(=C)O)C2=O)c(F)c1. The van der Waals surface area contributed by atoms with E-state index in [1.54, 1.807) is 24.3 Å². The molecule has 0 spiro atoms. The average Bonchev–Trinajstić information content (AvgIpc) is 2.77. The van der Waals surface area contributed by atoms with Crippen LogP contribution in [-0.2, 0) is 11.3 Å². The van der Waals surface area contributed by atoms with E-state index < -0.39 is 5.82 Å². The van der Waals surface area contributed by atoms with E-state index in [2.05, 4.69) is 12.5 Å². The van der Waals surface area contributed by atoms with Gasteiger partial charge in [-0.2, -0.15) is 0 Å². The minimum atomic E-state index is -0.452. The van der Waals surface area contributed by atoms with Crippen molar-refractivity contribution < 1.29 is 14.3 Å². The third kappa shape index (κ3) is 2.94. The second kappa shape index (κ2) is 6.31. The van der Waals surface area contributed by atoms with Gasteiger partial charge in [-0.25, -0.2) is 4.39 Å². The molecule has 0 saturated heterocycles. The summed E-state index contributed by atoms with van der Waals surface area (Å²) in [6.45, 7) is 5.64. The molecular formula is C18H16FNO2. The second-order valence-electron chi connectivity index (χ2n) is 4.96. The smallest absolute Gasteiger partial charge is 0.258 e. The van der Waals surface area contributed by atoms with E-state index in [0.717, 1.165) is 0 Å². The van der Waals surface area contributed by atoms with Gasteiger partial charge in [-0.05, 0) is 24.6 Å². The highest BCUT2D eigenvalue weighted by atomic mass is 19.1. The molecule has 3 nitrogen and oxygen atoms in total. The lowest BCUT2D eigenvalue weighted by molar-refractivity contribution is -0.126. The summed E-state index contributed by atoms with van der Waals surface area (Å²) in [6, 6.07) is 4.46. The molecule has 112 valence electrons. The van der Waals surface area contributed by atoms with Crippen molar-refractivity contribution in [1.29, 1.82) is 0 Å². The van der Waals surface area contributed by atoms with E-state index in [9.17, 15) is 14.3 Å². The average molecular weight is 297 g/mol. The number of nitrogens with zero attached hydrogens (tertiary/aromatic N) is 1. The van der Waals surface area contributed by atoms with E-state index in [1.807, 2.05) is 6.92 Å². The number of amides is 1. The standard InChI is InChI=1S/C18H16FNO2/c1-4-6-15-11-20(18(22)17(15)12(3)21)10-14-8-7-13(5-2)9-16(14)19/h2,4,6-9,21H,3,10-11H2,1H3/b6-4-. The van der Waals surface area contributed by atoms with E-state index >= 15 is 0 Å². The van der Waals surface area contributed by atoms with Crippen molar-refractivity contribution in [2.24, 2.45) is 0 Å². The molecule has 1 aromatic rings. The van der Waals surface area contributed by atoms with E-state index in [4.69, 9.17) is 6.42 Å². The van der Waals surface area contributed by atoms with Crippen LogP contribution in [0.3, 0.4) is 0 Å². The van der Waals surface area contributed by atoms with Gasteiger partial charge in [0.1, 0.15) is 11.6 Å². The number of carbonyl (C=O) groups excluding carboxylic acids is 1. The van der Waals surface area contributed by atoms with Crippen molar-refractivity contribution >= 4 is 5.91 Å². The molecule has 0 aliphatic carbocycles. The van der Waals surface area contributed by atoms with Crippen molar-refractivity contribution in [1.82, 2.24) is 4.90 Å². The molecule has 0 unspecified atom stereocenters. The molecule has 1 amide bonds. The highest BCUT2D eigenvalue weighted by Gasteiger charge is 2.31. The monoisotopic (exact) mass is 297 g/mol. The van der Waals surface area contributed by atoms with Crippen LogP contribution in [0.25, 0.3) is 0 Å². The molecule has 0 radical (unpaired) electrons. The number of hydrogen-bond acceptors (Lipinski definition) is 2. The maximum atomic E-state index is 14.0. The fourth-order valence-corrected chi connectivity index (χ4v) is 2.40. The Kier molecular flexibility index (Phi) is 4.47. The summed E-state index contributed by atoms with van der Waals surface area (Å²) >= 11 is 0. The number of aliphatic hydroxyl groups is 1. The summed E-state index contributed by atoms with van der Waals surface area (Å²) in [7, 11) is 0. The van der Waals surface area contributed by atoms with Gasteiger partial charge in [-0.15, -0.1) is 6.42 Å². The lowest BCUT2D eigenvalue weighted by Gasteiger charge is -2.17. The van der Waals surface area contributed by atoms with Gasteiger partial charge < -0.3 is 10.0 Å². The number of aliphatic hydroxyl groups excluding tert-OH is 1. The zero-order chi connectivity index (χ0) is 16.3. The lowest BCUT2D eigenvalue weighted by atomic mass is 10.1. The first-order chi connectivity index (χ1) is 10.5. The summed E-state index contributed by atoms with van der Waals surface area (Å²) in [5.74, 6) is 1.27. The number of rotatable bonds is 4. The molecule has 0 atom stereocenters. The summed E-state index contributed by atoms with van der Waals surface area (Å²) in [5, 5.41) is 9.60. The van der Waals surface area contributed by atoms with E-state index in [0.29, 0.717) is 23.2 Å². The predicted octanol–water partition coefficient (Wildman–Crippen LogP) is 3.09. The van der Waals surface area contributed by atoms with Crippen LogP contribution in [0, 0.1) is 18.2 Å². The van der Waals surface area contributed by atoms with Crippen molar-refractivity contribution in [2.45, 2.75) is 13.5 Å². The van der Waals surface area contributed by atoms with Gasteiger partial charge in [0, 0.05) is 24.2 Å². The molecule has 0 aromatic heterocycles. The van der Waals surface area contributed by atoms with Gasteiger partial charge in [-0.3, -0.25) is 4.79 Å². The number of hydrogen-bond donors (Lipinski definition) is 1. The molecule has 1 aromatic carbocycles. The third-order valence-corrected chi connectivity index (χ3v) is 3.42. The van der Waals surface area contributed by atoms with Gasteiger partial charge in [0.05, 0.1) is 5.57 Å². The van der Waals surface area contributed by atoms with Gasteiger partial charge in [-0.1, -0.05) is 30.7 Å². The van der Waals surface area contributed by atoms with Crippen LogP contribution >= 0.6 is 0 Å². The maximum absolute atomic E-state index is 14.0. The zero-order valence-electron chi connectivity index (χ0n) is 12.3. The first-order valence-electron chi connectivity index (χ1n) is 6.76. The van der Waals surface area contributed by atoms with Gasteiger partial charge in [0.15, 0.2) is 0 Å². The van der Waals surface area contributed by atoms with Crippen LogP contribution in [0.5, 0.6) is 0 Å². The molecule has 1 heterocycles. The topological polar surface area (TPSA) is 40.5 Å². The Morgan fingerprint density at radius 3 is 2.86 bits per heavy atom. The van der Waals surface area contributed by atoms with Crippen LogP contribution in [-0.4, -0.2) is 22.5 Å². The summed E-state index contributed by atoms with van der Waals surface area (Å²) in [6.07, 6.45) is 8.74. The van der Waals surface area contributed by atoms with Crippen LogP contribution in [0.2, 0.25) is 0 Å². The summed E-state index contributed by atoms with van der Waals surface area (Å²) in [5.41, 5.74) is 1.67. The fraction of sp³-hybridized carbons (Fsp3) is 0.167. The van der Waals surface area contributed by atoms with Crippen LogP contribution in [0.4, 0.5) is 4.39 Å². The first-order valence-corrected chi connectivity index (χ1v) is 6.76. The Hall–Kier alpha value is -2.80. The highest BCUT2D eigenvalue weighted by Crippen LogP contribution is 2.26. The van der Waals surface area contributed by atoms with Crippen molar-refractivity contribution in [2.75, 3.05) is 6.54 Å². The molecule has 1 aliphatic rings. The Labute approximate surface area is 129 Å². The van der Waals surface area contributed by atoms with Crippen molar-refractivity contribution in [3.05, 3.63) is 70.8 Å². The highest BCUT2D eigenvalue weighted by molar-refractivity contribution is 6.01. The minimum Gasteiger partial charge on any atom is -0.508 e. The minimum absolute atomic E-state index is 0.105. The zero-order valence-corrected chi connectivity index (χ0v) is 12.3. The fourth-order valence-electron chi connectivity index (χ4n) is 2.40. The summed E-state index contributed by atoms with van der Waals surface area (Å²) in [4.78, 5) is 13.8. The van der Waals surface area contributed by atoms with Crippen LogP contribution in [0.1, 0.15) is 18.1 Å². The Balaban J connectivity index is 2.25. The lowest BCUT2D eigenvalue weighted by Crippen LogP contribution is -2.27. The number of carbonyl (C=O) groups is 1. The Morgan fingerprint density at radius 2 is 2.32 bits per heavy atom. The maximum Gasteiger partial charge on any atom is 0.258 e.